The lowest BCUT2D eigenvalue weighted by molar-refractivity contribution is -0.128. The molecule has 2 aromatic carbocycles. The van der Waals surface area contributed by atoms with Crippen molar-refractivity contribution in [2.45, 2.75) is 11.8 Å². The number of piperazine rings is 1. The van der Waals surface area contributed by atoms with Gasteiger partial charge in [-0.1, -0.05) is 53.2 Å². The monoisotopic (exact) mass is 491 g/mol. The van der Waals surface area contributed by atoms with E-state index in [9.17, 15) is 4.79 Å². The fourth-order valence-corrected chi connectivity index (χ4v) is 4.70. The highest BCUT2D eigenvalue weighted by Crippen LogP contribution is 2.28. The van der Waals surface area contributed by atoms with Gasteiger partial charge in [0.1, 0.15) is 12.4 Å². The Bertz CT molecular complexity index is 1070. The van der Waals surface area contributed by atoms with Gasteiger partial charge in [-0.25, -0.2) is 0 Å². The molecule has 0 unspecified atom stereocenters. The van der Waals surface area contributed by atoms with Crippen LogP contribution in [0, 0.1) is 0 Å². The molecule has 0 N–H and O–H groups in total. The Morgan fingerprint density at radius 3 is 2.53 bits per heavy atom. The zero-order chi connectivity index (χ0) is 22.5. The molecule has 0 bridgehead atoms. The number of para-hydroxylation sites is 1. The van der Waals surface area contributed by atoms with E-state index < -0.39 is 0 Å². The summed E-state index contributed by atoms with van der Waals surface area (Å²) in [6, 6.07) is 15.3. The summed E-state index contributed by atoms with van der Waals surface area (Å²) in [6.07, 6.45) is 0. The Balaban J connectivity index is 1.26. The van der Waals surface area contributed by atoms with Crippen LogP contribution in [-0.4, -0.2) is 57.5 Å². The van der Waals surface area contributed by atoms with Crippen LogP contribution in [0.25, 0.3) is 0 Å². The molecule has 1 fully saturated rings. The van der Waals surface area contributed by atoms with E-state index in [0.29, 0.717) is 45.6 Å². The maximum atomic E-state index is 12.7. The summed E-state index contributed by atoms with van der Waals surface area (Å²) >= 11 is 13.4. The number of carbonyl (C=O) groups is 1. The lowest BCUT2D eigenvalue weighted by atomic mass is 10.2. The fourth-order valence-electron chi connectivity index (χ4n) is 3.40. The van der Waals surface area contributed by atoms with E-state index in [0.717, 1.165) is 13.1 Å². The van der Waals surface area contributed by atoms with Crippen LogP contribution >= 0.6 is 35.0 Å². The summed E-state index contributed by atoms with van der Waals surface area (Å²) in [5, 5.41) is 10.0. The number of carbonyl (C=O) groups excluding carboxylic acids is 1. The SMILES string of the molecule is Cn1c(COc2ccc(Cl)cc2Cl)nnc1SCC(=O)N1CCN(c2ccccc2)CC1. The van der Waals surface area contributed by atoms with Crippen LogP contribution in [0.1, 0.15) is 5.82 Å². The number of thioether (sulfide) groups is 1. The summed E-state index contributed by atoms with van der Waals surface area (Å²) in [7, 11) is 1.85. The van der Waals surface area contributed by atoms with Crippen molar-refractivity contribution in [1.29, 1.82) is 0 Å². The molecule has 1 saturated heterocycles. The van der Waals surface area contributed by atoms with Crippen LogP contribution in [0.15, 0.2) is 53.7 Å². The van der Waals surface area contributed by atoms with Gasteiger partial charge >= 0.3 is 0 Å². The van der Waals surface area contributed by atoms with Crippen LogP contribution in [0.3, 0.4) is 0 Å². The standard InChI is InChI=1S/C22H23Cl2N5O2S/c1-27-20(14-31-19-8-7-16(23)13-18(19)24)25-26-22(27)32-15-21(30)29-11-9-28(10-12-29)17-5-3-2-4-6-17/h2-8,13H,9-12,14-15H2,1H3. The topological polar surface area (TPSA) is 63.5 Å². The van der Waals surface area contributed by atoms with Gasteiger partial charge in [-0.3, -0.25) is 4.79 Å². The van der Waals surface area contributed by atoms with Gasteiger partial charge in [-0.2, -0.15) is 0 Å². The maximum absolute atomic E-state index is 12.7. The molecule has 32 heavy (non-hydrogen) atoms. The average molecular weight is 492 g/mol. The minimum Gasteiger partial charge on any atom is -0.484 e. The van der Waals surface area contributed by atoms with Crippen LogP contribution in [0.4, 0.5) is 5.69 Å². The number of rotatable bonds is 7. The number of benzene rings is 2. The zero-order valence-corrected chi connectivity index (χ0v) is 19.9. The lowest BCUT2D eigenvalue weighted by Crippen LogP contribution is -2.49. The van der Waals surface area contributed by atoms with Crippen molar-refractivity contribution in [2.24, 2.45) is 7.05 Å². The van der Waals surface area contributed by atoms with Gasteiger partial charge in [0.15, 0.2) is 11.0 Å². The van der Waals surface area contributed by atoms with E-state index in [4.69, 9.17) is 27.9 Å². The number of ether oxygens (including phenoxy) is 1. The third-order valence-corrected chi connectivity index (χ3v) is 6.79. The first-order valence-corrected chi connectivity index (χ1v) is 11.9. The molecule has 10 heteroatoms. The van der Waals surface area contributed by atoms with Crippen molar-refractivity contribution in [2.75, 3.05) is 36.8 Å². The molecular weight excluding hydrogens is 469 g/mol. The van der Waals surface area contributed by atoms with Crippen molar-refractivity contribution < 1.29 is 9.53 Å². The quantitative estimate of drug-likeness (QED) is 0.462. The average Bonchev–Trinajstić information content (AvgIpc) is 3.17. The second-order valence-electron chi connectivity index (χ2n) is 7.31. The molecule has 0 radical (unpaired) electrons. The number of anilines is 1. The number of hydrogen-bond donors (Lipinski definition) is 0. The van der Waals surface area contributed by atoms with Gasteiger partial charge in [-0.05, 0) is 30.3 Å². The first kappa shape index (κ1) is 22.8. The number of halogens is 2. The highest BCUT2D eigenvalue weighted by molar-refractivity contribution is 7.99. The van der Waals surface area contributed by atoms with Gasteiger partial charge in [-0.15, -0.1) is 10.2 Å². The smallest absolute Gasteiger partial charge is 0.233 e. The predicted molar refractivity (Wildman–Crippen MR) is 128 cm³/mol. The van der Waals surface area contributed by atoms with Crippen LogP contribution in [-0.2, 0) is 18.4 Å². The largest absolute Gasteiger partial charge is 0.484 e. The van der Waals surface area contributed by atoms with E-state index in [2.05, 4.69) is 27.2 Å². The molecule has 1 aromatic heterocycles. The molecule has 2 heterocycles. The molecule has 0 aliphatic carbocycles. The van der Waals surface area contributed by atoms with Gasteiger partial charge in [0.2, 0.25) is 5.91 Å². The van der Waals surface area contributed by atoms with Gasteiger partial charge < -0.3 is 19.1 Å². The molecule has 4 rings (SSSR count). The third-order valence-electron chi connectivity index (χ3n) is 5.25. The first-order valence-electron chi connectivity index (χ1n) is 10.2. The van der Waals surface area contributed by atoms with E-state index in [-0.39, 0.29) is 12.5 Å². The van der Waals surface area contributed by atoms with E-state index >= 15 is 0 Å². The van der Waals surface area contributed by atoms with E-state index in [1.165, 1.54) is 17.4 Å². The van der Waals surface area contributed by atoms with E-state index in [1.807, 2.05) is 34.7 Å². The van der Waals surface area contributed by atoms with Crippen LogP contribution in [0.5, 0.6) is 5.75 Å². The Morgan fingerprint density at radius 2 is 1.81 bits per heavy atom. The summed E-state index contributed by atoms with van der Waals surface area (Å²) < 4.78 is 7.56. The van der Waals surface area contributed by atoms with Crippen molar-refractivity contribution in [3.63, 3.8) is 0 Å². The molecular formula is C22H23Cl2N5O2S. The molecule has 0 atom stereocenters. The van der Waals surface area contributed by atoms with Gasteiger partial charge in [0, 0.05) is 43.9 Å². The van der Waals surface area contributed by atoms with Gasteiger partial charge in [0.25, 0.3) is 0 Å². The number of amides is 1. The van der Waals surface area contributed by atoms with Crippen LogP contribution < -0.4 is 9.64 Å². The maximum Gasteiger partial charge on any atom is 0.233 e. The molecule has 0 spiro atoms. The second-order valence-corrected chi connectivity index (χ2v) is 9.10. The Kier molecular flexibility index (Phi) is 7.44. The van der Waals surface area contributed by atoms with Crippen molar-refractivity contribution >= 4 is 46.6 Å². The van der Waals surface area contributed by atoms with Crippen LogP contribution in [0.2, 0.25) is 10.0 Å². The van der Waals surface area contributed by atoms with Crippen molar-refractivity contribution in [1.82, 2.24) is 19.7 Å². The van der Waals surface area contributed by atoms with Crippen molar-refractivity contribution in [3.05, 3.63) is 64.4 Å². The van der Waals surface area contributed by atoms with Crippen molar-refractivity contribution in [3.8, 4) is 5.75 Å². The molecule has 168 valence electrons. The number of aromatic nitrogens is 3. The molecule has 1 amide bonds. The first-order chi connectivity index (χ1) is 15.5. The number of hydrogen-bond acceptors (Lipinski definition) is 6. The minimum absolute atomic E-state index is 0.108. The Labute approximate surface area is 201 Å². The third kappa shape index (κ3) is 5.49. The second kappa shape index (κ2) is 10.5. The summed E-state index contributed by atoms with van der Waals surface area (Å²) in [6.45, 7) is 3.31. The highest BCUT2D eigenvalue weighted by Gasteiger charge is 2.22. The molecule has 1 aliphatic heterocycles. The Hall–Kier alpha value is -2.42. The van der Waals surface area contributed by atoms with E-state index in [1.54, 1.807) is 18.2 Å². The fraction of sp³-hybridized carbons (Fsp3) is 0.318. The van der Waals surface area contributed by atoms with Gasteiger partial charge in [0.05, 0.1) is 10.8 Å². The zero-order valence-electron chi connectivity index (χ0n) is 17.6. The normalized spacial score (nSPS) is 14.0. The minimum atomic E-state index is 0.108. The predicted octanol–water partition coefficient (Wildman–Crippen LogP) is 4.14. The molecule has 7 nitrogen and oxygen atoms in total. The summed E-state index contributed by atoms with van der Waals surface area (Å²) in [5.41, 5.74) is 1.20. The summed E-state index contributed by atoms with van der Waals surface area (Å²) in [4.78, 5) is 16.9. The summed E-state index contributed by atoms with van der Waals surface area (Å²) in [5.74, 6) is 1.60. The Morgan fingerprint density at radius 1 is 1.06 bits per heavy atom. The molecule has 0 saturated carbocycles. The molecule has 3 aromatic rings. The highest BCUT2D eigenvalue weighted by atomic mass is 35.5. The molecule has 1 aliphatic rings. The number of nitrogens with zero attached hydrogens (tertiary/aromatic N) is 5. The lowest BCUT2D eigenvalue weighted by Gasteiger charge is -2.36.